The van der Waals surface area contributed by atoms with E-state index in [-0.39, 0.29) is 46.7 Å². The second-order valence-electron chi connectivity index (χ2n) is 6.85. The summed E-state index contributed by atoms with van der Waals surface area (Å²) in [6, 6.07) is 0. The Bertz CT molecular complexity index is 391. The van der Waals surface area contributed by atoms with Crippen molar-refractivity contribution in [1.82, 2.24) is 0 Å². The van der Waals surface area contributed by atoms with Gasteiger partial charge >= 0.3 is 5.97 Å². The zero-order valence-electron chi connectivity index (χ0n) is 15.1. The van der Waals surface area contributed by atoms with Crippen molar-refractivity contribution < 1.29 is 28.2 Å². The van der Waals surface area contributed by atoms with Crippen molar-refractivity contribution in [3.63, 3.8) is 0 Å². The van der Waals surface area contributed by atoms with Crippen LogP contribution in [0.4, 0.5) is 0 Å². The highest BCUT2D eigenvalue weighted by atomic mass is 31.1. The summed E-state index contributed by atoms with van der Waals surface area (Å²) >= 11 is 0. The van der Waals surface area contributed by atoms with Crippen molar-refractivity contribution in [3.05, 3.63) is 0 Å². The molecule has 0 aliphatic rings. The van der Waals surface area contributed by atoms with E-state index in [1.165, 1.54) is 0 Å². The molecule has 0 bridgehead atoms. The van der Waals surface area contributed by atoms with Gasteiger partial charge in [-0.1, -0.05) is 20.8 Å². The Labute approximate surface area is 143 Å². The summed E-state index contributed by atoms with van der Waals surface area (Å²) in [6.45, 7) is 10.4. The summed E-state index contributed by atoms with van der Waals surface area (Å²) in [4.78, 5) is 23.6. The van der Waals surface area contributed by atoms with E-state index in [9.17, 15) is 9.59 Å². The van der Waals surface area contributed by atoms with Gasteiger partial charge in [0.1, 0.15) is 5.40 Å². The van der Waals surface area contributed by atoms with Gasteiger partial charge in [-0.05, 0) is 18.1 Å². The Balaban J connectivity index is 5.04. The molecule has 1 N–H and O–H groups in total. The average molecular weight is 384 g/mol. The molecule has 0 fully saturated rings. The normalized spacial score (nSPS) is 16.3. The molecule has 6 nitrogen and oxygen atoms in total. The molecule has 23 heavy (non-hydrogen) atoms. The highest BCUT2D eigenvalue weighted by molar-refractivity contribution is 7.54. The molecule has 0 saturated heterocycles. The van der Waals surface area contributed by atoms with Crippen LogP contribution in [-0.2, 0) is 23.1 Å². The summed E-state index contributed by atoms with van der Waals surface area (Å²) in [7, 11) is 0.960. The Morgan fingerprint density at radius 1 is 1.09 bits per heavy atom. The number of carbonyl (C=O) groups is 2. The zero-order chi connectivity index (χ0) is 18.3. The standard InChI is InChI=1S/C14H30O6P2Si/c1-14(2,3)23(6,7)20-10(9-12(16)17)8-11(15)13(21-18-4)22-19-5/h10,13,21-22H,8-9H2,1-7H3,(H,16,17). The highest BCUT2D eigenvalue weighted by Crippen LogP contribution is 2.40. The first-order valence-electron chi connectivity index (χ1n) is 7.44. The van der Waals surface area contributed by atoms with E-state index in [4.69, 9.17) is 18.6 Å². The summed E-state index contributed by atoms with van der Waals surface area (Å²) in [5.41, 5.74) is 0. The van der Waals surface area contributed by atoms with Gasteiger partial charge in [0.2, 0.25) is 0 Å². The van der Waals surface area contributed by atoms with Crippen LogP contribution in [0.25, 0.3) is 0 Å². The molecule has 0 heterocycles. The number of ketones is 1. The molecule has 0 aromatic carbocycles. The Kier molecular flexibility index (Phi) is 10.2. The topological polar surface area (TPSA) is 82.1 Å². The monoisotopic (exact) mass is 384 g/mol. The first kappa shape index (κ1) is 23.1. The van der Waals surface area contributed by atoms with E-state index in [0.717, 1.165) is 0 Å². The van der Waals surface area contributed by atoms with Crippen molar-refractivity contribution in [2.75, 3.05) is 14.2 Å². The van der Waals surface area contributed by atoms with E-state index in [1.807, 2.05) is 0 Å². The maximum atomic E-state index is 12.4. The van der Waals surface area contributed by atoms with Gasteiger partial charge in [0.15, 0.2) is 14.1 Å². The average Bonchev–Trinajstić information content (AvgIpc) is 2.35. The minimum atomic E-state index is -2.15. The fraction of sp³-hybridized carbons (Fsp3) is 0.857. The molecule has 3 atom stereocenters. The van der Waals surface area contributed by atoms with Crippen LogP contribution in [0.5, 0.6) is 0 Å². The molecule has 0 rings (SSSR count). The number of carboxylic acid groups (broad SMARTS) is 1. The van der Waals surface area contributed by atoms with E-state index >= 15 is 0 Å². The highest BCUT2D eigenvalue weighted by Gasteiger charge is 2.40. The van der Waals surface area contributed by atoms with Crippen molar-refractivity contribution in [3.8, 4) is 0 Å². The van der Waals surface area contributed by atoms with E-state index in [0.29, 0.717) is 0 Å². The smallest absolute Gasteiger partial charge is 0.305 e. The number of rotatable bonds is 11. The molecule has 0 radical (unpaired) electrons. The van der Waals surface area contributed by atoms with Gasteiger partial charge in [0.05, 0.1) is 12.5 Å². The molecule has 136 valence electrons. The van der Waals surface area contributed by atoms with Crippen LogP contribution < -0.4 is 0 Å². The predicted molar refractivity (Wildman–Crippen MR) is 98.4 cm³/mol. The van der Waals surface area contributed by atoms with Crippen LogP contribution in [0.2, 0.25) is 18.1 Å². The fourth-order valence-corrected chi connectivity index (χ4v) is 4.90. The lowest BCUT2D eigenvalue weighted by atomic mass is 10.1. The maximum Gasteiger partial charge on any atom is 0.305 e. The number of carboxylic acids is 1. The molecule has 3 unspecified atom stereocenters. The molecule has 0 amide bonds. The van der Waals surface area contributed by atoms with Crippen LogP contribution in [0.15, 0.2) is 0 Å². The third-order valence-electron chi connectivity index (χ3n) is 3.89. The molecule has 0 aliphatic carbocycles. The van der Waals surface area contributed by atoms with Crippen LogP contribution in [-0.4, -0.2) is 50.9 Å². The lowest BCUT2D eigenvalue weighted by Crippen LogP contribution is -2.45. The minimum Gasteiger partial charge on any atom is -0.481 e. The lowest BCUT2D eigenvalue weighted by molar-refractivity contribution is -0.139. The first-order chi connectivity index (χ1) is 10.4. The van der Waals surface area contributed by atoms with Gasteiger partial charge in [-0.2, -0.15) is 0 Å². The quantitative estimate of drug-likeness (QED) is 0.433. The maximum absolute atomic E-state index is 12.4. The van der Waals surface area contributed by atoms with Gasteiger partial charge in [-0.15, -0.1) is 0 Å². The second kappa shape index (κ2) is 10.2. The van der Waals surface area contributed by atoms with Gasteiger partial charge in [-0.3, -0.25) is 9.59 Å². The summed E-state index contributed by atoms with van der Waals surface area (Å²) < 4.78 is 16.3. The Morgan fingerprint density at radius 3 is 1.91 bits per heavy atom. The molecular weight excluding hydrogens is 354 g/mol. The van der Waals surface area contributed by atoms with Crippen molar-refractivity contribution in [2.45, 2.75) is 63.2 Å². The lowest BCUT2D eigenvalue weighted by Gasteiger charge is -2.39. The van der Waals surface area contributed by atoms with Crippen LogP contribution >= 0.6 is 17.6 Å². The van der Waals surface area contributed by atoms with E-state index in [2.05, 4.69) is 33.9 Å². The molecule has 0 saturated carbocycles. The number of aliphatic carboxylic acids is 1. The molecule has 0 aromatic rings. The van der Waals surface area contributed by atoms with Gasteiger partial charge in [0.25, 0.3) is 0 Å². The first-order valence-corrected chi connectivity index (χ1v) is 12.3. The van der Waals surface area contributed by atoms with Crippen LogP contribution in [0, 0.1) is 0 Å². The van der Waals surface area contributed by atoms with Crippen LogP contribution in [0.1, 0.15) is 33.6 Å². The van der Waals surface area contributed by atoms with Gasteiger partial charge in [-0.25, -0.2) is 0 Å². The van der Waals surface area contributed by atoms with E-state index in [1.54, 1.807) is 14.2 Å². The van der Waals surface area contributed by atoms with Crippen molar-refractivity contribution in [2.24, 2.45) is 0 Å². The third-order valence-corrected chi connectivity index (χ3v) is 10.7. The Morgan fingerprint density at radius 2 is 1.57 bits per heavy atom. The SMILES string of the molecule is COPC(POC)C(=O)CC(CC(=O)O)O[Si](C)(C)C(C)(C)C. The van der Waals surface area contributed by atoms with Crippen molar-refractivity contribution >= 4 is 37.7 Å². The molecule has 9 heteroatoms. The van der Waals surface area contributed by atoms with Gasteiger partial charge < -0.3 is 18.6 Å². The summed E-state index contributed by atoms with van der Waals surface area (Å²) in [5, 5.41) is 8.73. The largest absolute Gasteiger partial charge is 0.481 e. The van der Waals surface area contributed by atoms with Crippen LogP contribution in [0.3, 0.4) is 0 Å². The molecule has 0 aromatic heterocycles. The number of carbonyl (C=O) groups excluding carboxylic acids is 1. The minimum absolute atomic E-state index is 0.0119. The number of hydrogen-bond donors (Lipinski definition) is 1. The molecular formula is C14H30O6P2Si. The fourth-order valence-electron chi connectivity index (χ4n) is 1.68. The number of hydrogen-bond acceptors (Lipinski definition) is 5. The molecule has 0 spiro atoms. The Hall–Kier alpha value is 0.0969. The van der Waals surface area contributed by atoms with Crippen molar-refractivity contribution in [1.29, 1.82) is 0 Å². The summed E-state index contributed by atoms with van der Waals surface area (Å²) in [5.74, 6) is -1.02. The van der Waals surface area contributed by atoms with E-state index < -0.39 is 20.4 Å². The summed E-state index contributed by atoms with van der Waals surface area (Å²) in [6.07, 6.45) is -0.695. The predicted octanol–water partition coefficient (Wildman–Crippen LogP) is 3.62. The van der Waals surface area contributed by atoms with Gasteiger partial charge in [0, 0.05) is 38.3 Å². The number of Topliss-reactive ketones (excluding diaryl/α,β-unsaturated/α-hetero) is 1. The third kappa shape index (κ3) is 8.66. The molecule has 0 aliphatic heterocycles. The second-order valence-corrected chi connectivity index (χ2v) is 14.6. The zero-order valence-corrected chi connectivity index (χ0v) is 18.1.